The number of nitrogens with one attached hydrogen (secondary N) is 1. The highest BCUT2D eigenvalue weighted by molar-refractivity contribution is 9.10. The number of imidazole rings is 1. The summed E-state index contributed by atoms with van der Waals surface area (Å²) in [6.07, 6.45) is -0.463. The first-order valence-corrected chi connectivity index (χ1v) is 8.25. The van der Waals surface area contributed by atoms with Crippen LogP contribution in [-0.2, 0) is 0 Å². The first-order valence-electron chi connectivity index (χ1n) is 6.64. The average molecular weight is 363 g/mol. The molecule has 0 saturated carbocycles. The molecule has 2 aromatic carbocycles. The Hall–Kier alpha value is -1.30. The molecule has 5 heteroatoms. The number of hydrogen-bond acceptors (Lipinski definition) is 3. The van der Waals surface area contributed by atoms with Crippen LogP contribution in [0, 0.1) is 6.92 Å². The lowest BCUT2D eigenvalue weighted by Gasteiger charge is -2.07. The van der Waals surface area contributed by atoms with Gasteiger partial charge in [0.05, 0.1) is 17.1 Å². The highest BCUT2D eigenvalue weighted by atomic mass is 79.9. The molecule has 2 N–H and O–H groups in total. The molecule has 3 rings (SSSR count). The quantitative estimate of drug-likeness (QED) is 0.700. The summed E-state index contributed by atoms with van der Waals surface area (Å²) in [5.74, 6) is 0. The number of halogens is 1. The number of aromatic amines is 1. The van der Waals surface area contributed by atoms with Gasteiger partial charge in [0, 0.05) is 9.37 Å². The van der Waals surface area contributed by atoms with E-state index in [1.807, 2.05) is 24.3 Å². The number of H-pyrrole nitrogens is 1. The normalized spacial score (nSPS) is 12.8. The van der Waals surface area contributed by atoms with E-state index in [2.05, 4.69) is 45.0 Å². The molecule has 0 fully saturated rings. The maximum atomic E-state index is 9.60. The molecule has 0 bridgehead atoms. The van der Waals surface area contributed by atoms with Gasteiger partial charge in [-0.2, -0.15) is 0 Å². The van der Waals surface area contributed by atoms with Gasteiger partial charge in [0.1, 0.15) is 0 Å². The minimum absolute atomic E-state index is 0.463. The Kier molecular flexibility index (Phi) is 4.06. The van der Waals surface area contributed by atoms with E-state index >= 15 is 0 Å². The highest BCUT2D eigenvalue weighted by Gasteiger charge is 2.09. The lowest BCUT2D eigenvalue weighted by Crippen LogP contribution is -1.91. The van der Waals surface area contributed by atoms with E-state index in [9.17, 15) is 5.11 Å². The number of benzene rings is 2. The number of hydrogen-bond donors (Lipinski definition) is 2. The zero-order chi connectivity index (χ0) is 15.0. The summed E-state index contributed by atoms with van der Waals surface area (Å²) in [5, 5.41) is 10.5. The third-order valence-electron chi connectivity index (χ3n) is 3.26. The van der Waals surface area contributed by atoms with Crippen LogP contribution in [0.5, 0.6) is 0 Å². The van der Waals surface area contributed by atoms with Crippen molar-refractivity contribution < 1.29 is 5.11 Å². The summed E-state index contributed by atoms with van der Waals surface area (Å²) >= 11 is 5.13. The second-order valence-electron chi connectivity index (χ2n) is 5.03. The van der Waals surface area contributed by atoms with Crippen LogP contribution in [0.25, 0.3) is 11.0 Å². The van der Waals surface area contributed by atoms with Crippen molar-refractivity contribution in [3.63, 3.8) is 0 Å². The number of nitrogens with zero attached hydrogens (tertiary/aromatic N) is 1. The van der Waals surface area contributed by atoms with Crippen molar-refractivity contribution in [1.29, 1.82) is 0 Å². The first kappa shape index (κ1) is 14.6. The summed E-state index contributed by atoms with van der Waals surface area (Å²) in [6.45, 7) is 3.83. The number of aryl methyl sites for hydroxylation is 1. The maximum Gasteiger partial charge on any atom is 0.171 e. The molecule has 0 aliphatic carbocycles. The van der Waals surface area contributed by atoms with E-state index in [1.54, 1.807) is 18.7 Å². The van der Waals surface area contributed by atoms with Gasteiger partial charge >= 0.3 is 0 Å². The molecule has 0 radical (unpaired) electrons. The molecule has 0 saturated heterocycles. The van der Waals surface area contributed by atoms with Crippen molar-refractivity contribution >= 4 is 38.7 Å². The van der Waals surface area contributed by atoms with E-state index in [-0.39, 0.29) is 0 Å². The predicted octanol–water partition coefficient (Wildman–Crippen LogP) is 4.84. The van der Waals surface area contributed by atoms with Crippen molar-refractivity contribution in [2.24, 2.45) is 0 Å². The minimum atomic E-state index is -0.463. The SMILES string of the molecule is Cc1ccc2nc(Sc3ccc([C@H](C)O)cc3Br)[nH]c2c1. The molecular formula is C16H15BrN2OS. The monoisotopic (exact) mass is 362 g/mol. The standard InChI is InChI=1S/C16H15BrN2OS/c1-9-3-5-13-14(7-9)19-16(18-13)21-15-6-4-11(10(2)20)8-12(15)17/h3-8,10,20H,1-2H3,(H,18,19)/t10-/m0/s1. The average Bonchev–Trinajstić information content (AvgIpc) is 2.82. The molecule has 1 aromatic heterocycles. The van der Waals surface area contributed by atoms with E-state index in [0.717, 1.165) is 31.1 Å². The maximum absolute atomic E-state index is 9.60. The summed E-state index contributed by atoms with van der Waals surface area (Å²) in [7, 11) is 0. The Morgan fingerprint density at radius 2 is 2.05 bits per heavy atom. The van der Waals surface area contributed by atoms with Gasteiger partial charge in [-0.15, -0.1) is 0 Å². The van der Waals surface area contributed by atoms with Crippen LogP contribution in [0.1, 0.15) is 24.2 Å². The zero-order valence-electron chi connectivity index (χ0n) is 11.7. The molecule has 0 amide bonds. The molecule has 1 heterocycles. The fourth-order valence-electron chi connectivity index (χ4n) is 2.11. The number of rotatable bonds is 3. The third-order valence-corrected chi connectivity index (χ3v) is 5.14. The van der Waals surface area contributed by atoms with E-state index in [4.69, 9.17) is 0 Å². The highest BCUT2D eigenvalue weighted by Crippen LogP contribution is 2.34. The van der Waals surface area contributed by atoms with Gasteiger partial charge in [-0.25, -0.2) is 4.98 Å². The van der Waals surface area contributed by atoms with Gasteiger partial charge in [0.25, 0.3) is 0 Å². The van der Waals surface area contributed by atoms with E-state index in [1.165, 1.54) is 5.56 Å². The molecular weight excluding hydrogens is 348 g/mol. The first-order chi connectivity index (χ1) is 10.0. The Morgan fingerprint density at radius 3 is 2.76 bits per heavy atom. The molecule has 108 valence electrons. The van der Waals surface area contributed by atoms with Gasteiger partial charge in [-0.3, -0.25) is 0 Å². The molecule has 21 heavy (non-hydrogen) atoms. The van der Waals surface area contributed by atoms with Gasteiger partial charge < -0.3 is 10.1 Å². The smallest absolute Gasteiger partial charge is 0.171 e. The van der Waals surface area contributed by atoms with E-state index < -0.39 is 6.10 Å². The van der Waals surface area contributed by atoms with Crippen LogP contribution in [0.3, 0.4) is 0 Å². The molecule has 0 unspecified atom stereocenters. The van der Waals surface area contributed by atoms with Crippen LogP contribution >= 0.6 is 27.7 Å². The van der Waals surface area contributed by atoms with Crippen LogP contribution in [0.2, 0.25) is 0 Å². The fraction of sp³-hybridized carbons (Fsp3) is 0.188. The third kappa shape index (κ3) is 3.15. The Bertz CT molecular complexity index is 798. The molecule has 0 spiro atoms. The summed E-state index contributed by atoms with van der Waals surface area (Å²) in [6, 6.07) is 12.1. The molecule has 0 aliphatic heterocycles. The van der Waals surface area contributed by atoms with Crippen LogP contribution in [0.15, 0.2) is 50.9 Å². The van der Waals surface area contributed by atoms with E-state index in [0.29, 0.717) is 0 Å². The largest absolute Gasteiger partial charge is 0.389 e. The molecule has 0 aliphatic rings. The van der Waals surface area contributed by atoms with Crippen molar-refractivity contribution in [3.05, 3.63) is 52.0 Å². The molecule has 1 atom stereocenters. The van der Waals surface area contributed by atoms with Gasteiger partial charge in [-0.05, 0) is 65.2 Å². The summed E-state index contributed by atoms with van der Waals surface area (Å²) < 4.78 is 0.961. The molecule has 3 nitrogen and oxygen atoms in total. The van der Waals surface area contributed by atoms with Gasteiger partial charge in [-0.1, -0.05) is 23.9 Å². The number of fused-ring (bicyclic) bond motifs is 1. The Balaban J connectivity index is 1.91. The van der Waals surface area contributed by atoms with Crippen molar-refractivity contribution in [2.45, 2.75) is 30.0 Å². The number of aromatic nitrogens is 2. The fourth-order valence-corrected chi connectivity index (χ4v) is 3.56. The minimum Gasteiger partial charge on any atom is -0.389 e. The Labute approximate surface area is 135 Å². The van der Waals surface area contributed by atoms with Crippen LogP contribution in [-0.4, -0.2) is 15.1 Å². The van der Waals surface area contributed by atoms with Gasteiger partial charge in [0.15, 0.2) is 5.16 Å². The van der Waals surface area contributed by atoms with Gasteiger partial charge in [0.2, 0.25) is 0 Å². The van der Waals surface area contributed by atoms with Crippen LogP contribution < -0.4 is 0 Å². The second-order valence-corrected chi connectivity index (χ2v) is 6.92. The lowest BCUT2D eigenvalue weighted by molar-refractivity contribution is 0.199. The summed E-state index contributed by atoms with van der Waals surface area (Å²) in [4.78, 5) is 8.98. The van der Waals surface area contributed by atoms with Crippen molar-refractivity contribution in [1.82, 2.24) is 9.97 Å². The predicted molar refractivity (Wildman–Crippen MR) is 89.7 cm³/mol. The summed E-state index contributed by atoms with van der Waals surface area (Å²) in [5.41, 5.74) is 4.13. The topological polar surface area (TPSA) is 48.9 Å². The number of aliphatic hydroxyl groups is 1. The van der Waals surface area contributed by atoms with Crippen LogP contribution in [0.4, 0.5) is 0 Å². The lowest BCUT2D eigenvalue weighted by atomic mass is 10.1. The van der Waals surface area contributed by atoms with Crippen molar-refractivity contribution in [3.8, 4) is 0 Å². The second kappa shape index (κ2) is 5.83. The van der Waals surface area contributed by atoms with Crippen molar-refractivity contribution in [2.75, 3.05) is 0 Å². The molecule has 3 aromatic rings. The number of aliphatic hydroxyl groups excluding tert-OH is 1. The Morgan fingerprint density at radius 1 is 1.24 bits per heavy atom. The zero-order valence-corrected chi connectivity index (χ0v) is 14.1.